The van der Waals surface area contributed by atoms with Gasteiger partial charge in [0.1, 0.15) is 16.5 Å². The lowest BCUT2D eigenvalue weighted by molar-refractivity contribution is -0.137. The van der Waals surface area contributed by atoms with Gasteiger partial charge in [-0.25, -0.2) is 12.8 Å². The Morgan fingerprint density at radius 3 is 2.48 bits per heavy atom. The number of aryl methyl sites for hydroxylation is 1. The van der Waals surface area contributed by atoms with E-state index in [1.807, 2.05) is 11.8 Å². The number of hydrogen-bond donors (Lipinski definition) is 0. The number of hydrogen-bond acceptors (Lipinski definition) is 5. The van der Waals surface area contributed by atoms with Crippen molar-refractivity contribution in [1.82, 2.24) is 9.21 Å². The quantitative estimate of drug-likeness (QED) is 0.665. The minimum atomic E-state index is -3.79. The van der Waals surface area contributed by atoms with E-state index < -0.39 is 10.0 Å². The number of anilines is 1. The Bertz CT molecular complexity index is 1120. The van der Waals surface area contributed by atoms with Gasteiger partial charge in [-0.2, -0.15) is 4.31 Å². The monoisotopic (exact) mass is 475 g/mol. The van der Waals surface area contributed by atoms with Crippen molar-refractivity contribution >= 4 is 21.6 Å². The number of ether oxygens (including phenoxy) is 1. The third-order valence-electron chi connectivity index (χ3n) is 6.45. The summed E-state index contributed by atoms with van der Waals surface area (Å²) in [5, 5.41) is 0. The third kappa shape index (κ3) is 4.84. The van der Waals surface area contributed by atoms with Crippen LogP contribution in [0.25, 0.3) is 0 Å². The number of carbonyl (C=O) groups is 1. The molecule has 0 unspecified atom stereocenters. The Kier molecular flexibility index (Phi) is 6.90. The molecule has 2 saturated heterocycles. The first-order valence-electron chi connectivity index (χ1n) is 11.2. The van der Waals surface area contributed by atoms with Crippen LogP contribution in [0.2, 0.25) is 0 Å². The highest BCUT2D eigenvalue weighted by Gasteiger charge is 2.37. The van der Waals surface area contributed by atoms with E-state index in [2.05, 4.69) is 0 Å². The summed E-state index contributed by atoms with van der Waals surface area (Å²) in [5.74, 6) is -0.376. The number of carbonyl (C=O) groups excluding carboxylic acids is 1. The van der Waals surface area contributed by atoms with Crippen molar-refractivity contribution in [2.24, 2.45) is 5.92 Å². The molecule has 2 aromatic carbocycles. The van der Waals surface area contributed by atoms with Gasteiger partial charge in [0.15, 0.2) is 0 Å². The molecule has 0 saturated carbocycles. The van der Waals surface area contributed by atoms with Crippen LogP contribution in [-0.2, 0) is 14.8 Å². The van der Waals surface area contributed by atoms with E-state index in [0.29, 0.717) is 57.0 Å². The van der Waals surface area contributed by atoms with Crippen LogP contribution in [0.3, 0.4) is 0 Å². The van der Waals surface area contributed by atoms with E-state index in [-0.39, 0.29) is 29.1 Å². The number of rotatable bonds is 5. The van der Waals surface area contributed by atoms with Crippen molar-refractivity contribution < 1.29 is 22.3 Å². The molecule has 1 amide bonds. The summed E-state index contributed by atoms with van der Waals surface area (Å²) in [6.07, 6.45) is 1.28. The third-order valence-corrected chi connectivity index (χ3v) is 8.34. The molecule has 0 radical (unpaired) electrons. The Labute approximate surface area is 194 Å². The lowest BCUT2D eigenvalue weighted by atomic mass is 9.97. The fraction of sp³-hybridized carbons (Fsp3) is 0.458. The smallest absolute Gasteiger partial charge is 0.246 e. The number of piperazine rings is 1. The van der Waals surface area contributed by atoms with Crippen molar-refractivity contribution in [3.05, 3.63) is 53.8 Å². The van der Waals surface area contributed by atoms with Gasteiger partial charge in [-0.1, -0.05) is 18.2 Å². The number of sulfonamides is 1. The summed E-state index contributed by atoms with van der Waals surface area (Å²) in [7, 11) is -2.33. The standard InChI is InChI=1S/C24H30FN3O4S/c1-18-9-10-22(32-2)23(16-18)33(30,31)28-11-5-6-19(17-28)24(29)27-14-12-26(13-15-27)21-8-4-3-7-20(21)25/h3-4,7-10,16,19H,5-6,11-15,17H2,1-2H3/t19-/m1/s1. The molecule has 178 valence electrons. The van der Waals surface area contributed by atoms with Crippen molar-refractivity contribution in [1.29, 1.82) is 0 Å². The molecule has 33 heavy (non-hydrogen) atoms. The maximum Gasteiger partial charge on any atom is 0.246 e. The molecule has 2 heterocycles. The van der Waals surface area contributed by atoms with E-state index in [0.717, 1.165) is 5.56 Å². The highest BCUT2D eigenvalue weighted by molar-refractivity contribution is 7.89. The molecule has 9 heteroatoms. The van der Waals surface area contributed by atoms with Gasteiger partial charge in [0.25, 0.3) is 0 Å². The molecule has 2 aliphatic heterocycles. The minimum Gasteiger partial charge on any atom is -0.495 e. The molecule has 2 aromatic rings. The number of para-hydroxylation sites is 1. The summed E-state index contributed by atoms with van der Waals surface area (Å²) in [6, 6.07) is 11.7. The van der Waals surface area contributed by atoms with Crippen LogP contribution < -0.4 is 9.64 Å². The normalized spacial score (nSPS) is 20.0. The first-order valence-corrected chi connectivity index (χ1v) is 12.7. The summed E-state index contributed by atoms with van der Waals surface area (Å²) >= 11 is 0. The average Bonchev–Trinajstić information content (AvgIpc) is 2.84. The topological polar surface area (TPSA) is 70.2 Å². The molecule has 0 bridgehead atoms. The maximum atomic E-state index is 14.1. The Morgan fingerprint density at radius 1 is 1.06 bits per heavy atom. The summed E-state index contributed by atoms with van der Waals surface area (Å²) in [4.78, 5) is 17.1. The fourth-order valence-corrected chi connectivity index (χ4v) is 6.39. The molecule has 2 fully saturated rings. The second kappa shape index (κ2) is 9.69. The van der Waals surface area contributed by atoms with Crippen molar-refractivity contribution in [3.63, 3.8) is 0 Å². The zero-order chi connectivity index (χ0) is 23.6. The van der Waals surface area contributed by atoms with Gasteiger partial charge in [0.05, 0.1) is 18.7 Å². The van der Waals surface area contributed by atoms with Gasteiger partial charge in [-0.3, -0.25) is 4.79 Å². The second-order valence-electron chi connectivity index (χ2n) is 8.62. The number of piperidine rings is 1. The lowest BCUT2D eigenvalue weighted by Gasteiger charge is -2.39. The molecule has 0 aromatic heterocycles. The largest absolute Gasteiger partial charge is 0.495 e. The highest BCUT2D eigenvalue weighted by atomic mass is 32.2. The van der Waals surface area contributed by atoms with Crippen LogP contribution in [0.15, 0.2) is 47.4 Å². The fourth-order valence-electron chi connectivity index (χ4n) is 4.62. The van der Waals surface area contributed by atoms with E-state index in [4.69, 9.17) is 4.74 Å². The SMILES string of the molecule is COc1ccc(C)cc1S(=O)(=O)N1CCC[C@@H](C(=O)N2CCN(c3ccccc3F)CC2)C1. The Hall–Kier alpha value is -2.65. The first-order chi connectivity index (χ1) is 15.8. The molecule has 0 spiro atoms. The van der Waals surface area contributed by atoms with E-state index in [9.17, 15) is 17.6 Å². The molecular formula is C24H30FN3O4S. The summed E-state index contributed by atoms with van der Waals surface area (Å²) in [6.45, 7) is 4.44. The van der Waals surface area contributed by atoms with Crippen LogP contribution in [0.1, 0.15) is 18.4 Å². The van der Waals surface area contributed by atoms with Crippen molar-refractivity contribution in [2.45, 2.75) is 24.7 Å². The maximum absolute atomic E-state index is 14.1. The van der Waals surface area contributed by atoms with Crippen LogP contribution in [0.5, 0.6) is 5.75 Å². The number of amides is 1. The summed E-state index contributed by atoms with van der Waals surface area (Å²) < 4.78 is 47.5. The molecule has 1 atom stereocenters. The molecule has 0 aliphatic carbocycles. The van der Waals surface area contributed by atoms with Crippen LogP contribution in [0, 0.1) is 18.7 Å². The predicted molar refractivity (Wildman–Crippen MR) is 124 cm³/mol. The van der Waals surface area contributed by atoms with Crippen molar-refractivity contribution in [2.75, 3.05) is 51.3 Å². The Balaban J connectivity index is 1.43. The van der Waals surface area contributed by atoms with Crippen molar-refractivity contribution in [3.8, 4) is 5.75 Å². The first kappa shape index (κ1) is 23.5. The van der Waals surface area contributed by atoms with Crippen LogP contribution in [-0.4, -0.2) is 69.9 Å². The predicted octanol–water partition coefficient (Wildman–Crippen LogP) is 2.89. The number of halogens is 1. The zero-order valence-corrected chi connectivity index (χ0v) is 19.9. The van der Waals surface area contributed by atoms with E-state index in [1.54, 1.807) is 41.3 Å². The van der Waals surface area contributed by atoms with Gasteiger partial charge in [0, 0.05) is 39.3 Å². The molecule has 4 rings (SSSR count). The van der Waals surface area contributed by atoms with E-state index >= 15 is 0 Å². The average molecular weight is 476 g/mol. The summed E-state index contributed by atoms with van der Waals surface area (Å²) in [5.41, 5.74) is 1.37. The Morgan fingerprint density at radius 2 is 1.79 bits per heavy atom. The van der Waals surface area contributed by atoms with Gasteiger partial charge in [-0.05, 0) is 49.6 Å². The van der Waals surface area contributed by atoms with E-state index in [1.165, 1.54) is 17.5 Å². The van der Waals surface area contributed by atoms with Gasteiger partial charge in [0.2, 0.25) is 15.9 Å². The van der Waals surface area contributed by atoms with Gasteiger partial charge >= 0.3 is 0 Å². The molecule has 7 nitrogen and oxygen atoms in total. The highest BCUT2D eigenvalue weighted by Crippen LogP contribution is 2.31. The number of methoxy groups -OCH3 is 1. The molecule has 2 aliphatic rings. The van der Waals surface area contributed by atoms with Gasteiger partial charge < -0.3 is 14.5 Å². The van der Waals surface area contributed by atoms with Crippen LogP contribution in [0.4, 0.5) is 10.1 Å². The van der Waals surface area contributed by atoms with Crippen LogP contribution >= 0.6 is 0 Å². The zero-order valence-electron chi connectivity index (χ0n) is 19.0. The number of benzene rings is 2. The second-order valence-corrected chi connectivity index (χ2v) is 10.5. The number of nitrogens with zero attached hydrogens (tertiary/aromatic N) is 3. The van der Waals surface area contributed by atoms with Gasteiger partial charge in [-0.15, -0.1) is 0 Å². The molecule has 0 N–H and O–H groups in total. The minimum absolute atomic E-state index is 0.0284. The molecular weight excluding hydrogens is 445 g/mol. The lowest BCUT2D eigenvalue weighted by Crippen LogP contribution is -2.53.